The number of para-hydroxylation sites is 1. The normalized spacial score (nSPS) is 11.1. The topological polar surface area (TPSA) is 30.5 Å². The maximum Gasteiger partial charge on any atom is 0.138 e. The first-order valence-electron chi connectivity index (χ1n) is 5.64. The predicted octanol–water partition coefficient (Wildman–Crippen LogP) is 3.32. The van der Waals surface area contributed by atoms with Gasteiger partial charge in [0.05, 0.1) is 11.1 Å². The van der Waals surface area contributed by atoms with Crippen LogP contribution in [0.5, 0.6) is 5.75 Å². The van der Waals surface area contributed by atoms with Crippen LogP contribution in [0.15, 0.2) is 34.3 Å². The summed E-state index contributed by atoms with van der Waals surface area (Å²) in [5, 5.41) is 3.29. The average molecular weight is 335 g/mol. The summed E-state index contributed by atoms with van der Waals surface area (Å²) in [6, 6.07) is 5.98. The Bertz CT molecular complexity index is 385. The molecule has 3 nitrogen and oxygen atoms in total. The van der Waals surface area contributed by atoms with E-state index in [1.54, 1.807) is 13.2 Å². The van der Waals surface area contributed by atoms with Crippen molar-refractivity contribution in [1.82, 2.24) is 5.32 Å². The molecule has 0 radical (unpaired) electrons. The highest BCUT2D eigenvalue weighted by Gasteiger charge is 2.07. The van der Waals surface area contributed by atoms with Gasteiger partial charge in [-0.25, -0.2) is 0 Å². The first kappa shape index (κ1) is 15.5. The number of methoxy groups -OCH3 is 1. The molecule has 1 rings (SSSR count). The van der Waals surface area contributed by atoms with Gasteiger partial charge < -0.3 is 14.8 Å². The van der Waals surface area contributed by atoms with Crippen LogP contribution in [-0.4, -0.2) is 26.9 Å². The molecule has 0 fully saturated rings. The number of benzene rings is 1. The van der Waals surface area contributed by atoms with Crippen LogP contribution in [0, 0.1) is 0 Å². The molecule has 0 heterocycles. The van der Waals surface area contributed by atoms with E-state index < -0.39 is 0 Å². The van der Waals surface area contributed by atoms with Crippen molar-refractivity contribution in [3.63, 3.8) is 0 Å². The molecule has 0 saturated carbocycles. The SMILES string of the molecule is COCCNCc1cccc(Br)c1OCC=CCl. The van der Waals surface area contributed by atoms with Crippen molar-refractivity contribution in [1.29, 1.82) is 0 Å². The van der Waals surface area contributed by atoms with Gasteiger partial charge in [0.1, 0.15) is 12.4 Å². The van der Waals surface area contributed by atoms with E-state index in [1.165, 1.54) is 5.54 Å². The van der Waals surface area contributed by atoms with E-state index in [1.807, 2.05) is 18.2 Å². The van der Waals surface area contributed by atoms with E-state index in [0.717, 1.165) is 28.9 Å². The standard InChI is InChI=1S/C13H17BrClNO2/c1-17-9-7-16-10-11-4-2-5-12(14)13(11)18-8-3-6-15/h2-6,16H,7-10H2,1H3. The van der Waals surface area contributed by atoms with Gasteiger partial charge in [0.15, 0.2) is 0 Å². The van der Waals surface area contributed by atoms with Gasteiger partial charge in [-0.3, -0.25) is 0 Å². The second-order valence-electron chi connectivity index (χ2n) is 3.57. The van der Waals surface area contributed by atoms with Crippen molar-refractivity contribution in [3.05, 3.63) is 39.8 Å². The molecule has 5 heteroatoms. The molecule has 0 atom stereocenters. The maximum absolute atomic E-state index is 5.68. The Morgan fingerprint density at radius 2 is 2.28 bits per heavy atom. The highest BCUT2D eigenvalue weighted by Crippen LogP contribution is 2.29. The first-order valence-corrected chi connectivity index (χ1v) is 6.87. The van der Waals surface area contributed by atoms with Crippen molar-refractivity contribution in [3.8, 4) is 5.75 Å². The largest absolute Gasteiger partial charge is 0.488 e. The van der Waals surface area contributed by atoms with Gasteiger partial charge in [-0.15, -0.1) is 0 Å². The van der Waals surface area contributed by atoms with E-state index in [-0.39, 0.29) is 0 Å². The summed E-state index contributed by atoms with van der Waals surface area (Å²) in [7, 11) is 1.69. The Morgan fingerprint density at radius 3 is 3.00 bits per heavy atom. The zero-order valence-corrected chi connectivity index (χ0v) is 12.6. The molecular weight excluding hydrogens is 318 g/mol. The van der Waals surface area contributed by atoms with Crippen LogP contribution < -0.4 is 10.1 Å². The lowest BCUT2D eigenvalue weighted by atomic mass is 10.2. The minimum absolute atomic E-state index is 0.456. The summed E-state index contributed by atoms with van der Waals surface area (Å²) in [5.41, 5.74) is 2.55. The van der Waals surface area contributed by atoms with Crippen LogP contribution in [0.25, 0.3) is 0 Å². The lowest BCUT2D eigenvalue weighted by Gasteiger charge is -2.12. The Hall–Kier alpha value is -0.550. The molecule has 1 aromatic carbocycles. The quantitative estimate of drug-likeness (QED) is 0.740. The van der Waals surface area contributed by atoms with Gasteiger partial charge in [-0.1, -0.05) is 23.7 Å². The minimum Gasteiger partial charge on any atom is -0.488 e. The van der Waals surface area contributed by atoms with Gasteiger partial charge in [-0.2, -0.15) is 0 Å². The molecule has 1 N–H and O–H groups in total. The van der Waals surface area contributed by atoms with Crippen LogP contribution in [0.3, 0.4) is 0 Å². The molecule has 0 aliphatic rings. The van der Waals surface area contributed by atoms with E-state index in [0.29, 0.717) is 13.2 Å². The van der Waals surface area contributed by atoms with E-state index in [2.05, 4.69) is 21.2 Å². The zero-order valence-electron chi connectivity index (χ0n) is 10.3. The summed E-state index contributed by atoms with van der Waals surface area (Å²) in [6.07, 6.45) is 1.75. The molecule has 18 heavy (non-hydrogen) atoms. The van der Waals surface area contributed by atoms with E-state index >= 15 is 0 Å². The third kappa shape index (κ3) is 5.40. The van der Waals surface area contributed by atoms with Gasteiger partial charge in [0, 0.05) is 31.3 Å². The predicted molar refractivity (Wildman–Crippen MR) is 78.2 cm³/mol. The number of halogens is 2. The Balaban J connectivity index is 2.61. The fourth-order valence-electron chi connectivity index (χ4n) is 1.42. The molecule has 100 valence electrons. The third-order valence-electron chi connectivity index (χ3n) is 2.26. The zero-order chi connectivity index (χ0) is 13.2. The van der Waals surface area contributed by atoms with Crippen LogP contribution in [0.4, 0.5) is 0 Å². The molecule has 0 aliphatic heterocycles. The van der Waals surface area contributed by atoms with E-state index in [4.69, 9.17) is 21.1 Å². The van der Waals surface area contributed by atoms with Crippen molar-refractivity contribution in [2.24, 2.45) is 0 Å². The number of rotatable bonds is 8. The summed E-state index contributed by atoms with van der Waals surface area (Å²) in [5.74, 6) is 0.845. The molecule has 0 amide bonds. The van der Waals surface area contributed by atoms with Gasteiger partial charge in [-0.05, 0) is 28.1 Å². The monoisotopic (exact) mass is 333 g/mol. The molecule has 0 unspecified atom stereocenters. The summed E-state index contributed by atoms with van der Waals surface area (Å²) < 4.78 is 11.6. The Labute approximate surface area is 121 Å². The van der Waals surface area contributed by atoms with Crippen LogP contribution in [0.1, 0.15) is 5.56 Å². The Morgan fingerprint density at radius 1 is 1.44 bits per heavy atom. The Kier molecular flexibility index (Phi) is 8.09. The van der Waals surface area contributed by atoms with Gasteiger partial charge >= 0.3 is 0 Å². The fourth-order valence-corrected chi connectivity index (χ4v) is 2.01. The highest BCUT2D eigenvalue weighted by molar-refractivity contribution is 9.10. The molecule has 1 aromatic rings. The maximum atomic E-state index is 5.68. The molecule has 0 spiro atoms. The number of ether oxygens (including phenoxy) is 2. The molecule has 0 bridgehead atoms. The minimum atomic E-state index is 0.456. The lowest BCUT2D eigenvalue weighted by molar-refractivity contribution is 0.199. The summed E-state index contributed by atoms with van der Waals surface area (Å²) in [4.78, 5) is 0. The van der Waals surface area contributed by atoms with Crippen LogP contribution in [0.2, 0.25) is 0 Å². The first-order chi connectivity index (χ1) is 8.79. The van der Waals surface area contributed by atoms with Crippen molar-refractivity contribution < 1.29 is 9.47 Å². The van der Waals surface area contributed by atoms with Crippen molar-refractivity contribution >= 4 is 27.5 Å². The second kappa shape index (κ2) is 9.39. The summed E-state index contributed by atoms with van der Waals surface area (Å²) in [6.45, 7) is 2.70. The molecule has 0 aliphatic carbocycles. The highest BCUT2D eigenvalue weighted by atomic mass is 79.9. The number of hydrogen-bond acceptors (Lipinski definition) is 3. The smallest absolute Gasteiger partial charge is 0.138 e. The lowest BCUT2D eigenvalue weighted by Crippen LogP contribution is -2.19. The second-order valence-corrected chi connectivity index (χ2v) is 4.68. The third-order valence-corrected chi connectivity index (χ3v) is 3.06. The summed E-state index contributed by atoms with van der Waals surface area (Å²) >= 11 is 8.95. The van der Waals surface area contributed by atoms with Crippen LogP contribution >= 0.6 is 27.5 Å². The van der Waals surface area contributed by atoms with Gasteiger partial charge in [0.2, 0.25) is 0 Å². The fraction of sp³-hybridized carbons (Fsp3) is 0.385. The molecule has 0 aromatic heterocycles. The number of nitrogens with one attached hydrogen (secondary N) is 1. The van der Waals surface area contributed by atoms with Crippen LogP contribution in [-0.2, 0) is 11.3 Å². The van der Waals surface area contributed by atoms with Crippen molar-refractivity contribution in [2.75, 3.05) is 26.9 Å². The van der Waals surface area contributed by atoms with Gasteiger partial charge in [0.25, 0.3) is 0 Å². The number of hydrogen-bond donors (Lipinski definition) is 1. The van der Waals surface area contributed by atoms with E-state index in [9.17, 15) is 0 Å². The molecule has 0 saturated heterocycles. The van der Waals surface area contributed by atoms with Crippen molar-refractivity contribution in [2.45, 2.75) is 6.54 Å². The average Bonchev–Trinajstić information content (AvgIpc) is 2.37. The molecular formula is C13H17BrClNO2.